The van der Waals surface area contributed by atoms with Crippen molar-refractivity contribution in [3.63, 3.8) is 0 Å². The molecule has 2 aliphatic heterocycles. The van der Waals surface area contributed by atoms with Gasteiger partial charge in [-0.3, -0.25) is 14.7 Å². The second-order valence-corrected chi connectivity index (χ2v) is 9.67. The maximum Gasteiger partial charge on any atom is 0.233 e. The number of aromatic nitrogens is 1. The van der Waals surface area contributed by atoms with Crippen LogP contribution in [0.4, 0.5) is 4.39 Å². The normalized spacial score (nSPS) is 19.1. The van der Waals surface area contributed by atoms with Gasteiger partial charge in [-0.2, -0.15) is 0 Å². The predicted octanol–water partition coefficient (Wildman–Crippen LogP) is 4.02. The Bertz CT molecular complexity index is 1010. The molecule has 6 nitrogen and oxygen atoms in total. The molecular formula is C27H36FN3O3. The van der Waals surface area contributed by atoms with Gasteiger partial charge in [0.1, 0.15) is 11.6 Å². The van der Waals surface area contributed by atoms with Gasteiger partial charge in [-0.05, 0) is 57.2 Å². The van der Waals surface area contributed by atoms with Crippen molar-refractivity contribution in [2.45, 2.75) is 57.5 Å². The van der Waals surface area contributed by atoms with Crippen LogP contribution in [0.5, 0.6) is 5.75 Å². The van der Waals surface area contributed by atoms with E-state index in [2.05, 4.69) is 16.8 Å². The van der Waals surface area contributed by atoms with Crippen molar-refractivity contribution in [1.82, 2.24) is 14.8 Å². The number of likely N-dealkylation sites (N-methyl/N-ethyl adjacent to an activating group) is 1. The first kappa shape index (κ1) is 24.6. The zero-order chi connectivity index (χ0) is 24.3. The van der Waals surface area contributed by atoms with Crippen LogP contribution in [0, 0.1) is 19.7 Å². The lowest BCUT2D eigenvalue weighted by atomic mass is 9.72. The van der Waals surface area contributed by atoms with Crippen molar-refractivity contribution in [2.75, 3.05) is 40.5 Å². The van der Waals surface area contributed by atoms with Crippen molar-refractivity contribution in [3.8, 4) is 5.75 Å². The third kappa shape index (κ3) is 4.82. The Kier molecular flexibility index (Phi) is 7.53. The summed E-state index contributed by atoms with van der Waals surface area (Å²) >= 11 is 0. The van der Waals surface area contributed by atoms with E-state index in [0.717, 1.165) is 60.6 Å². The summed E-state index contributed by atoms with van der Waals surface area (Å²) < 4.78 is 25.2. The number of nitrogens with zero attached hydrogens (tertiary/aromatic N) is 3. The highest BCUT2D eigenvalue weighted by Gasteiger charge is 2.45. The Morgan fingerprint density at radius 1 is 1.26 bits per heavy atom. The summed E-state index contributed by atoms with van der Waals surface area (Å²) in [6, 6.07) is 6.70. The lowest BCUT2D eigenvalue weighted by Crippen LogP contribution is -2.53. The van der Waals surface area contributed by atoms with Gasteiger partial charge in [0, 0.05) is 63.3 Å². The van der Waals surface area contributed by atoms with E-state index in [1.54, 1.807) is 13.2 Å². The maximum atomic E-state index is 14.1. The van der Waals surface area contributed by atoms with E-state index in [-0.39, 0.29) is 17.8 Å². The second kappa shape index (κ2) is 10.4. The summed E-state index contributed by atoms with van der Waals surface area (Å²) in [5.41, 5.74) is 3.22. The van der Waals surface area contributed by atoms with Crippen molar-refractivity contribution in [2.24, 2.45) is 0 Å². The Balaban J connectivity index is 1.43. The van der Waals surface area contributed by atoms with Crippen LogP contribution in [0.25, 0.3) is 0 Å². The van der Waals surface area contributed by atoms with Crippen LogP contribution in [0.2, 0.25) is 0 Å². The van der Waals surface area contributed by atoms with Gasteiger partial charge in [0.25, 0.3) is 0 Å². The fourth-order valence-electron chi connectivity index (χ4n) is 5.54. The lowest BCUT2D eigenvalue weighted by Gasteiger charge is -2.43. The first-order valence-corrected chi connectivity index (χ1v) is 12.2. The molecule has 7 heteroatoms. The fraction of sp³-hybridized carbons (Fsp3) is 0.556. The third-order valence-corrected chi connectivity index (χ3v) is 7.68. The molecule has 34 heavy (non-hydrogen) atoms. The molecule has 0 atom stereocenters. The number of methoxy groups -OCH3 is 1. The second-order valence-electron chi connectivity index (χ2n) is 9.67. The molecule has 2 saturated heterocycles. The predicted molar refractivity (Wildman–Crippen MR) is 129 cm³/mol. The molecule has 0 aliphatic carbocycles. The van der Waals surface area contributed by atoms with E-state index in [1.807, 2.05) is 31.1 Å². The van der Waals surface area contributed by atoms with Crippen molar-refractivity contribution in [1.29, 1.82) is 0 Å². The number of ether oxygens (including phenoxy) is 2. The van der Waals surface area contributed by atoms with Gasteiger partial charge < -0.3 is 14.4 Å². The molecule has 4 rings (SSSR count). The Morgan fingerprint density at radius 2 is 1.97 bits per heavy atom. The number of carbonyl (C=O) groups is 1. The molecule has 184 valence electrons. The summed E-state index contributed by atoms with van der Waals surface area (Å²) in [5.74, 6) is 0.689. The van der Waals surface area contributed by atoms with Gasteiger partial charge in [-0.15, -0.1) is 0 Å². The topological polar surface area (TPSA) is 54.9 Å². The molecule has 2 aromatic rings. The zero-order valence-corrected chi connectivity index (χ0v) is 20.8. The first-order chi connectivity index (χ1) is 16.4. The van der Waals surface area contributed by atoms with Gasteiger partial charge in [-0.1, -0.05) is 12.1 Å². The molecule has 1 aromatic heterocycles. The van der Waals surface area contributed by atoms with Crippen LogP contribution in [0.15, 0.2) is 30.5 Å². The molecule has 0 radical (unpaired) electrons. The highest BCUT2D eigenvalue weighted by molar-refractivity contribution is 5.88. The largest absolute Gasteiger partial charge is 0.496 e. The minimum absolute atomic E-state index is 0.0839. The van der Waals surface area contributed by atoms with Crippen molar-refractivity contribution >= 4 is 5.91 Å². The van der Waals surface area contributed by atoms with Crippen LogP contribution >= 0.6 is 0 Å². The average molecular weight is 470 g/mol. The minimum Gasteiger partial charge on any atom is -0.496 e. The smallest absolute Gasteiger partial charge is 0.233 e. The zero-order valence-electron chi connectivity index (χ0n) is 20.8. The van der Waals surface area contributed by atoms with E-state index in [4.69, 9.17) is 9.47 Å². The number of rotatable bonds is 6. The summed E-state index contributed by atoms with van der Waals surface area (Å²) in [6.07, 6.45) is 4.84. The van der Waals surface area contributed by atoms with Crippen molar-refractivity contribution < 1.29 is 18.7 Å². The van der Waals surface area contributed by atoms with Crippen LogP contribution in [0.1, 0.15) is 48.1 Å². The summed E-state index contributed by atoms with van der Waals surface area (Å²) in [4.78, 5) is 22.8. The van der Waals surface area contributed by atoms with E-state index >= 15 is 0 Å². The summed E-state index contributed by atoms with van der Waals surface area (Å²) in [6.45, 7) is 7.67. The molecule has 1 amide bonds. The number of hydrogen-bond acceptors (Lipinski definition) is 5. The number of carbonyl (C=O) groups excluding carboxylic acids is 1. The number of halogens is 1. The number of aryl methyl sites for hydroxylation is 1. The van der Waals surface area contributed by atoms with Gasteiger partial charge in [0.2, 0.25) is 5.91 Å². The number of piperidine rings is 1. The molecule has 0 N–H and O–H groups in total. The van der Waals surface area contributed by atoms with Crippen LogP contribution < -0.4 is 4.74 Å². The van der Waals surface area contributed by atoms with Gasteiger partial charge in [0.05, 0.1) is 18.2 Å². The van der Waals surface area contributed by atoms with Crippen molar-refractivity contribution in [3.05, 3.63) is 58.7 Å². The quantitative estimate of drug-likeness (QED) is 0.640. The number of likely N-dealkylation sites (tertiary alicyclic amines) is 1. The molecule has 1 aromatic carbocycles. The fourth-order valence-corrected chi connectivity index (χ4v) is 5.54. The number of hydrogen-bond donors (Lipinski definition) is 0. The Hall–Kier alpha value is -2.51. The molecule has 2 fully saturated rings. The van der Waals surface area contributed by atoms with E-state index in [9.17, 15) is 9.18 Å². The molecular weight excluding hydrogens is 433 g/mol. The van der Waals surface area contributed by atoms with Gasteiger partial charge in [0.15, 0.2) is 0 Å². The molecule has 0 bridgehead atoms. The van der Waals surface area contributed by atoms with Crippen LogP contribution in [0.3, 0.4) is 0 Å². The van der Waals surface area contributed by atoms with E-state index in [0.29, 0.717) is 26.1 Å². The number of pyridine rings is 1. The molecule has 0 spiro atoms. The van der Waals surface area contributed by atoms with Gasteiger partial charge in [-0.25, -0.2) is 4.39 Å². The van der Waals surface area contributed by atoms with Gasteiger partial charge >= 0.3 is 0 Å². The first-order valence-electron chi connectivity index (χ1n) is 12.2. The van der Waals surface area contributed by atoms with E-state index < -0.39 is 5.41 Å². The SMILES string of the molecule is COc1c(C)cnc(CN2CCC(N(C)C(=O)C3(c4cccc(F)c4)CCOCC3)CC2)c1C. The highest BCUT2D eigenvalue weighted by atomic mass is 19.1. The molecule has 0 unspecified atom stereocenters. The average Bonchev–Trinajstić information content (AvgIpc) is 2.86. The molecule has 2 aliphatic rings. The highest BCUT2D eigenvalue weighted by Crippen LogP contribution is 2.38. The van der Waals surface area contributed by atoms with E-state index in [1.165, 1.54) is 12.1 Å². The number of benzene rings is 1. The minimum atomic E-state index is -0.717. The Labute approximate surface area is 202 Å². The van der Waals surface area contributed by atoms with Crippen LogP contribution in [-0.4, -0.2) is 67.2 Å². The maximum absolute atomic E-state index is 14.1. The summed E-state index contributed by atoms with van der Waals surface area (Å²) in [7, 11) is 3.61. The monoisotopic (exact) mass is 469 g/mol. The van der Waals surface area contributed by atoms with Crippen LogP contribution in [-0.2, 0) is 21.5 Å². The molecule has 0 saturated carbocycles. The lowest BCUT2D eigenvalue weighted by molar-refractivity contribution is -0.143. The number of amides is 1. The standard InChI is InChI=1S/C27H36FN3O3/c1-19-17-29-24(20(2)25(19)33-4)18-31-12-8-23(9-13-31)30(3)26(32)27(10-14-34-15-11-27)21-6-5-7-22(28)16-21/h5-7,16-17,23H,8-15,18H2,1-4H3. The molecule has 3 heterocycles. The summed E-state index contributed by atoms with van der Waals surface area (Å²) in [5, 5.41) is 0. The third-order valence-electron chi connectivity index (χ3n) is 7.68. The Morgan fingerprint density at radius 3 is 2.62 bits per heavy atom.